The molecule has 5 fully saturated rings. The Balaban J connectivity index is 1.60. The van der Waals surface area contributed by atoms with Crippen LogP contribution < -0.4 is 0 Å². The summed E-state index contributed by atoms with van der Waals surface area (Å²) in [5, 5.41) is 0. The van der Waals surface area contributed by atoms with E-state index in [0.717, 1.165) is 38.7 Å². The Labute approximate surface area is 152 Å². The first kappa shape index (κ1) is 16.0. The van der Waals surface area contributed by atoms with Crippen molar-refractivity contribution in [3.63, 3.8) is 0 Å². The van der Waals surface area contributed by atoms with Crippen molar-refractivity contribution in [2.24, 2.45) is 34.5 Å². The standard InChI is InChI=1S/C20H27BrO3/c1-11-7-12(22)9-20(21)17-8-13-14-3-4-16(23)18(14,2)6-5-15(13)19(11,20)10-24-17/h11,13-15,17H,3-10H2,1-2H3/t11-,13+,14+,15+,17-,18+,19-,20+/m1/s1. The van der Waals surface area contributed by atoms with Crippen molar-refractivity contribution in [2.75, 3.05) is 6.61 Å². The molecule has 0 radical (unpaired) electrons. The van der Waals surface area contributed by atoms with Gasteiger partial charge < -0.3 is 4.74 Å². The number of Topliss-reactive ketones (excluding diaryl/α,β-unsaturated/α-hetero) is 2. The van der Waals surface area contributed by atoms with E-state index in [2.05, 4.69) is 29.8 Å². The molecule has 5 aliphatic rings. The third-order valence-corrected chi connectivity index (χ3v) is 10.5. The van der Waals surface area contributed by atoms with E-state index in [1.165, 1.54) is 0 Å². The summed E-state index contributed by atoms with van der Waals surface area (Å²) in [6, 6.07) is 0. The zero-order valence-corrected chi connectivity index (χ0v) is 16.2. The van der Waals surface area contributed by atoms with Gasteiger partial charge in [0.1, 0.15) is 11.6 Å². The molecule has 0 aromatic carbocycles. The van der Waals surface area contributed by atoms with E-state index in [9.17, 15) is 9.59 Å². The van der Waals surface area contributed by atoms with Gasteiger partial charge in [-0.2, -0.15) is 0 Å². The molecule has 0 aromatic heterocycles. The van der Waals surface area contributed by atoms with E-state index in [-0.39, 0.29) is 21.3 Å². The molecule has 1 heterocycles. The lowest BCUT2D eigenvalue weighted by Crippen LogP contribution is -2.65. The monoisotopic (exact) mass is 394 g/mol. The van der Waals surface area contributed by atoms with Gasteiger partial charge in [-0.15, -0.1) is 0 Å². The van der Waals surface area contributed by atoms with Crippen LogP contribution in [0.2, 0.25) is 0 Å². The van der Waals surface area contributed by atoms with Crippen LogP contribution in [0.3, 0.4) is 0 Å². The molecule has 0 amide bonds. The normalized spacial score (nSPS) is 59.0. The van der Waals surface area contributed by atoms with Crippen LogP contribution in [0.15, 0.2) is 0 Å². The third kappa shape index (κ3) is 1.60. The quantitative estimate of drug-likeness (QED) is 0.584. The Bertz CT molecular complexity index is 632. The largest absolute Gasteiger partial charge is 0.376 e. The van der Waals surface area contributed by atoms with Crippen LogP contribution in [-0.4, -0.2) is 28.6 Å². The molecule has 0 unspecified atom stereocenters. The molecule has 5 rings (SSSR count). The minimum absolute atomic E-state index is 0.0848. The van der Waals surface area contributed by atoms with Gasteiger partial charge in [-0.1, -0.05) is 29.8 Å². The molecule has 24 heavy (non-hydrogen) atoms. The fourth-order valence-electron chi connectivity index (χ4n) is 7.81. The number of ketones is 2. The highest BCUT2D eigenvalue weighted by Gasteiger charge is 2.74. The summed E-state index contributed by atoms with van der Waals surface area (Å²) in [6.07, 6.45) is 6.52. The van der Waals surface area contributed by atoms with Gasteiger partial charge in [0.15, 0.2) is 0 Å². The molecule has 4 aliphatic carbocycles. The lowest BCUT2D eigenvalue weighted by molar-refractivity contribution is -0.143. The third-order valence-electron chi connectivity index (χ3n) is 8.97. The predicted octanol–water partition coefficient (Wildman–Crippen LogP) is 3.92. The van der Waals surface area contributed by atoms with Crippen LogP contribution in [0.1, 0.15) is 58.8 Å². The SMILES string of the molecule is C[C@@H]1CC(=O)C[C@]2(Br)[C@H]3C[C@@H]4[C@H](CC[C@]5(C)C(=O)CC[C@@H]45)[C@@]12CO3. The number of carbonyl (C=O) groups excluding carboxylic acids is 2. The van der Waals surface area contributed by atoms with Crippen molar-refractivity contribution in [1.29, 1.82) is 0 Å². The van der Waals surface area contributed by atoms with Gasteiger partial charge in [-0.25, -0.2) is 0 Å². The van der Waals surface area contributed by atoms with Gasteiger partial charge >= 0.3 is 0 Å². The fourth-order valence-corrected chi connectivity index (χ4v) is 9.24. The van der Waals surface area contributed by atoms with Crippen LogP contribution in [0.5, 0.6) is 0 Å². The average molecular weight is 395 g/mol. The van der Waals surface area contributed by atoms with Gasteiger partial charge in [0, 0.05) is 30.1 Å². The van der Waals surface area contributed by atoms with Crippen molar-refractivity contribution in [2.45, 2.75) is 69.2 Å². The smallest absolute Gasteiger partial charge is 0.139 e. The van der Waals surface area contributed by atoms with Gasteiger partial charge in [0.25, 0.3) is 0 Å². The number of carbonyl (C=O) groups is 2. The fraction of sp³-hybridized carbons (Fsp3) is 0.900. The number of halogens is 1. The summed E-state index contributed by atoms with van der Waals surface area (Å²) >= 11 is 4.08. The first-order chi connectivity index (χ1) is 11.3. The summed E-state index contributed by atoms with van der Waals surface area (Å²) in [5.41, 5.74) is -0.00125. The highest BCUT2D eigenvalue weighted by atomic mass is 79.9. The summed E-state index contributed by atoms with van der Waals surface area (Å²) in [5.74, 6) is 3.00. The summed E-state index contributed by atoms with van der Waals surface area (Å²) < 4.78 is 6.19. The summed E-state index contributed by atoms with van der Waals surface area (Å²) in [4.78, 5) is 24.9. The maximum atomic E-state index is 12.5. The van der Waals surface area contributed by atoms with E-state index in [0.29, 0.717) is 48.1 Å². The molecular weight excluding hydrogens is 368 g/mol. The van der Waals surface area contributed by atoms with Gasteiger partial charge in [-0.05, 0) is 49.4 Å². The van der Waals surface area contributed by atoms with Gasteiger partial charge in [0.05, 0.1) is 17.0 Å². The molecule has 1 aliphatic heterocycles. The lowest BCUT2D eigenvalue weighted by Gasteiger charge is -2.63. The number of hydrogen-bond donors (Lipinski definition) is 0. The molecule has 0 N–H and O–H groups in total. The summed E-state index contributed by atoms with van der Waals surface area (Å²) in [7, 11) is 0. The molecule has 3 nitrogen and oxygen atoms in total. The first-order valence-corrected chi connectivity index (χ1v) is 10.5. The Kier molecular flexibility index (Phi) is 3.15. The number of hydrogen-bond acceptors (Lipinski definition) is 3. The molecule has 4 heteroatoms. The second-order valence-electron chi connectivity index (χ2n) is 9.55. The maximum absolute atomic E-state index is 12.5. The van der Waals surface area contributed by atoms with Gasteiger partial charge in [0.2, 0.25) is 0 Å². The Morgan fingerprint density at radius 3 is 2.79 bits per heavy atom. The highest BCUT2D eigenvalue weighted by Crippen LogP contribution is 2.72. The van der Waals surface area contributed by atoms with Crippen LogP contribution in [0.25, 0.3) is 0 Å². The van der Waals surface area contributed by atoms with E-state index in [4.69, 9.17) is 4.74 Å². The number of ether oxygens (including phenoxy) is 1. The minimum Gasteiger partial charge on any atom is -0.376 e. The number of rotatable bonds is 0. The first-order valence-electron chi connectivity index (χ1n) is 9.68. The van der Waals surface area contributed by atoms with Gasteiger partial charge in [-0.3, -0.25) is 9.59 Å². The Morgan fingerprint density at radius 2 is 2.00 bits per heavy atom. The van der Waals surface area contributed by atoms with Crippen molar-refractivity contribution in [3.05, 3.63) is 0 Å². The molecule has 132 valence electrons. The zero-order valence-electron chi connectivity index (χ0n) is 14.6. The molecule has 0 aromatic rings. The number of alkyl halides is 1. The van der Waals surface area contributed by atoms with E-state index < -0.39 is 0 Å². The maximum Gasteiger partial charge on any atom is 0.139 e. The Morgan fingerprint density at radius 1 is 1.21 bits per heavy atom. The summed E-state index contributed by atoms with van der Waals surface area (Å²) in [6.45, 7) is 5.30. The molecule has 8 atom stereocenters. The lowest BCUT2D eigenvalue weighted by atomic mass is 9.43. The van der Waals surface area contributed by atoms with E-state index in [1.54, 1.807) is 0 Å². The Hall–Kier alpha value is -0.220. The highest BCUT2D eigenvalue weighted by molar-refractivity contribution is 9.10. The van der Waals surface area contributed by atoms with Crippen molar-refractivity contribution in [3.8, 4) is 0 Å². The van der Waals surface area contributed by atoms with Crippen molar-refractivity contribution in [1.82, 2.24) is 0 Å². The van der Waals surface area contributed by atoms with Crippen LogP contribution in [-0.2, 0) is 14.3 Å². The zero-order chi connectivity index (χ0) is 16.9. The van der Waals surface area contributed by atoms with Crippen LogP contribution in [0.4, 0.5) is 0 Å². The minimum atomic E-state index is -0.160. The molecule has 1 saturated heterocycles. The predicted molar refractivity (Wildman–Crippen MR) is 93.9 cm³/mol. The van der Waals surface area contributed by atoms with Crippen molar-refractivity contribution < 1.29 is 14.3 Å². The van der Waals surface area contributed by atoms with Crippen LogP contribution >= 0.6 is 15.9 Å². The molecule has 2 bridgehead atoms. The van der Waals surface area contributed by atoms with Crippen LogP contribution in [0, 0.1) is 34.5 Å². The molecule has 0 spiro atoms. The van der Waals surface area contributed by atoms with Crippen molar-refractivity contribution >= 4 is 27.5 Å². The van der Waals surface area contributed by atoms with E-state index >= 15 is 0 Å². The number of fused-ring (bicyclic) bond motifs is 3. The topological polar surface area (TPSA) is 43.4 Å². The average Bonchev–Trinajstić information content (AvgIpc) is 2.88. The molecule has 4 saturated carbocycles. The second kappa shape index (κ2) is 4.73. The second-order valence-corrected chi connectivity index (χ2v) is 11.0. The van der Waals surface area contributed by atoms with E-state index in [1.807, 2.05) is 0 Å². The molecular formula is C20H27BrO3.